The molecule has 1 heterocycles. The zero-order valence-corrected chi connectivity index (χ0v) is 15.9. The Morgan fingerprint density at radius 1 is 1.07 bits per heavy atom. The molecule has 0 saturated heterocycles. The van der Waals surface area contributed by atoms with Gasteiger partial charge in [0.05, 0.1) is 27.0 Å². The maximum Gasteiger partial charge on any atom is 0.257 e. The van der Waals surface area contributed by atoms with E-state index in [1.807, 2.05) is 50.2 Å². The van der Waals surface area contributed by atoms with Gasteiger partial charge in [-0.1, -0.05) is 24.3 Å². The van der Waals surface area contributed by atoms with Crippen LogP contribution in [0.25, 0.3) is 0 Å². The van der Waals surface area contributed by atoms with Crippen molar-refractivity contribution in [2.45, 2.75) is 20.4 Å². The SMILES string of the molecule is COc1cccc(Cn2nccc2NC(=O)c2cccc(C)c2C)c1OC. The average molecular weight is 365 g/mol. The Kier molecular flexibility index (Phi) is 5.45. The third-order valence-corrected chi connectivity index (χ3v) is 4.61. The van der Waals surface area contributed by atoms with Crippen LogP contribution in [0.3, 0.4) is 0 Å². The topological polar surface area (TPSA) is 65.4 Å². The highest BCUT2D eigenvalue weighted by atomic mass is 16.5. The van der Waals surface area contributed by atoms with E-state index < -0.39 is 0 Å². The van der Waals surface area contributed by atoms with Gasteiger partial charge in [0.15, 0.2) is 11.5 Å². The zero-order valence-electron chi connectivity index (χ0n) is 15.9. The summed E-state index contributed by atoms with van der Waals surface area (Å²) in [4.78, 5) is 12.7. The predicted molar refractivity (Wildman–Crippen MR) is 105 cm³/mol. The van der Waals surface area contributed by atoms with Crippen LogP contribution in [0.5, 0.6) is 11.5 Å². The molecular formula is C21H23N3O3. The lowest BCUT2D eigenvalue weighted by Crippen LogP contribution is -2.17. The van der Waals surface area contributed by atoms with Gasteiger partial charge in [-0.15, -0.1) is 0 Å². The second-order valence-corrected chi connectivity index (χ2v) is 6.23. The second-order valence-electron chi connectivity index (χ2n) is 6.23. The van der Waals surface area contributed by atoms with E-state index in [1.165, 1.54) is 0 Å². The van der Waals surface area contributed by atoms with E-state index in [0.717, 1.165) is 16.7 Å². The normalized spacial score (nSPS) is 10.5. The molecule has 3 aromatic rings. The lowest BCUT2D eigenvalue weighted by Gasteiger charge is -2.15. The van der Waals surface area contributed by atoms with Crippen molar-refractivity contribution in [2.24, 2.45) is 0 Å². The monoisotopic (exact) mass is 365 g/mol. The van der Waals surface area contributed by atoms with Crippen molar-refractivity contribution in [3.8, 4) is 11.5 Å². The van der Waals surface area contributed by atoms with E-state index in [0.29, 0.717) is 29.4 Å². The average Bonchev–Trinajstić information content (AvgIpc) is 3.10. The number of carbonyl (C=O) groups excluding carboxylic acids is 1. The first-order valence-corrected chi connectivity index (χ1v) is 8.64. The Balaban J connectivity index is 1.85. The number of anilines is 1. The summed E-state index contributed by atoms with van der Waals surface area (Å²) in [5.74, 6) is 1.77. The number of carbonyl (C=O) groups is 1. The maximum atomic E-state index is 12.7. The highest BCUT2D eigenvalue weighted by molar-refractivity contribution is 6.05. The van der Waals surface area contributed by atoms with Crippen molar-refractivity contribution in [3.05, 3.63) is 70.9 Å². The van der Waals surface area contributed by atoms with E-state index >= 15 is 0 Å². The van der Waals surface area contributed by atoms with Gasteiger partial charge in [-0.05, 0) is 37.1 Å². The van der Waals surface area contributed by atoms with Crippen molar-refractivity contribution >= 4 is 11.7 Å². The number of nitrogens with zero attached hydrogens (tertiary/aromatic N) is 2. The zero-order chi connectivity index (χ0) is 19.4. The van der Waals surface area contributed by atoms with Gasteiger partial charge in [-0.25, -0.2) is 4.68 Å². The van der Waals surface area contributed by atoms with Crippen LogP contribution >= 0.6 is 0 Å². The summed E-state index contributed by atoms with van der Waals surface area (Å²) in [6.07, 6.45) is 1.66. The van der Waals surface area contributed by atoms with Crippen LogP contribution in [0.15, 0.2) is 48.7 Å². The molecule has 0 aliphatic heterocycles. The van der Waals surface area contributed by atoms with Crippen molar-refractivity contribution in [1.82, 2.24) is 9.78 Å². The Hall–Kier alpha value is -3.28. The Labute approximate surface area is 158 Å². The molecular weight excluding hydrogens is 342 g/mol. The van der Waals surface area contributed by atoms with Gasteiger partial charge in [0.1, 0.15) is 5.82 Å². The summed E-state index contributed by atoms with van der Waals surface area (Å²) in [5.41, 5.74) is 3.61. The van der Waals surface area contributed by atoms with Crippen molar-refractivity contribution < 1.29 is 14.3 Å². The Morgan fingerprint density at radius 2 is 1.85 bits per heavy atom. The number of nitrogens with one attached hydrogen (secondary N) is 1. The van der Waals surface area contributed by atoms with E-state index in [9.17, 15) is 4.79 Å². The number of aromatic nitrogens is 2. The van der Waals surface area contributed by atoms with Gasteiger partial charge in [0, 0.05) is 17.2 Å². The quantitative estimate of drug-likeness (QED) is 0.721. The predicted octanol–water partition coefficient (Wildman–Crippen LogP) is 3.82. The largest absolute Gasteiger partial charge is 0.493 e. The summed E-state index contributed by atoms with van der Waals surface area (Å²) < 4.78 is 12.6. The van der Waals surface area contributed by atoms with Gasteiger partial charge < -0.3 is 14.8 Å². The number of aryl methyl sites for hydroxylation is 1. The number of amides is 1. The van der Waals surface area contributed by atoms with E-state index in [-0.39, 0.29) is 5.91 Å². The van der Waals surface area contributed by atoms with Crippen LogP contribution < -0.4 is 14.8 Å². The molecule has 0 aliphatic carbocycles. The summed E-state index contributed by atoms with van der Waals surface area (Å²) in [6.45, 7) is 4.38. The van der Waals surface area contributed by atoms with Gasteiger partial charge in [-0.3, -0.25) is 4.79 Å². The third-order valence-electron chi connectivity index (χ3n) is 4.61. The van der Waals surface area contributed by atoms with Crippen LogP contribution in [0.2, 0.25) is 0 Å². The number of ether oxygens (including phenoxy) is 2. The molecule has 0 atom stereocenters. The molecule has 6 heteroatoms. The highest BCUT2D eigenvalue weighted by Crippen LogP contribution is 2.31. The number of methoxy groups -OCH3 is 2. The molecule has 1 aromatic heterocycles. The number of hydrogen-bond acceptors (Lipinski definition) is 4. The van der Waals surface area contributed by atoms with E-state index in [4.69, 9.17) is 9.47 Å². The number of para-hydroxylation sites is 1. The first kappa shape index (κ1) is 18.5. The van der Waals surface area contributed by atoms with E-state index in [1.54, 1.807) is 31.2 Å². The van der Waals surface area contributed by atoms with Crippen LogP contribution in [-0.4, -0.2) is 29.9 Å². The van der Waals surface area contributed by atoms with E-state index in [2.05, 4.69) is 10.4 Å². The maximum absolute atomic E-state index is 12.7. The minimum atomic E-state index is -0.157. The second kappa shape index (κ2) is 7.95. The van der Waals surface area contributed by atoms with Gasteiger partial charge in [0.2, 0.25) is 0 Å². The molecule has 0 spiro atoms. The molecule has 0 unspecified atom stereocenters. The molecule has 3 rings (SSSR count). The molecule has 0 fully saturated rings. The van der Waals surface area contributed by atoms with Crippen LogP contribution in [-0.2, 0) is 6.54 Å². The minimum Gasteiger partial charge on any atom is -0.493 e. The minimum absolute atomic E-state index is 0.157. The fourth-order valence-corrected chi connectivity index (χ4v) is 2.99. The lowest BCUT2D eigenvalue weighted by molar-refractivity contribution is 0.102. The van der Waals surface area contributed by atoms with Crippen molar-refractivity contribution in [1.29, 1.82) is 0 Å². The number of benzene rings is 2. The summed E-state index contributed by atoms with van der Waals surface area (Å²) in [7, 11) is 3.21. The number of rotatable bonds is 6. The molecule has 1 N–H and O–H groups in total. The first-order chi connectivity index (χ1) is 13.0. The van der Waals surface area contributed by atoms with Crippen LogP contribution in [0, 0.1) is 13.8 Å². The molecule has 6 nitrogen and oxygen atoms in total. The van der Waals surface area contributed by atoms with Gasteiger partial charge in [0.25, 0.3) is 5.91 Å². The lowest BCUT2D eigenvalue weighted by atomic mass is 10.0. The van der Waals surface area contributed by atoms with Crippen LogP contribution in [0.1, 0.15) is 27.0 Å². The summed E-state index contributed by atoms with van der Waals surface area (Å²) in [5, 5.41) is 7.29. The van der Waals surface area contributed by atoms with Crippen molar-refractivity contribution in [3.63, 3.8) is 0 Å². The first-order valence-electron chi connectivity index (χ1n) is 8.64. The fourth-order valence-electron chi connectivity index (χ4n) is 2.99. The van der Waals surface area contributed by atoms with Gasteiger partial charge in [-0.2, -0.15) is 5.10 Å². The molecule has 2 aromatic carbocycles. The third kappa shape index (κ3) is 3.79. The van der Waals surface area contributed by atoms with Gasteiger partial charge >= 0.3 is 0 Å². The molecule has 1 amide bonds. The molecule has 0 radical (unpaired) electrons. The molecule has 0 saturated carbocycles. The standard InChI is InChI=1S/C21H23N3O3/c1-14-7-5-9-17(15(14)2)21(25)23-19-11-12-22-24(19)13-16-8-6-10-18(26-3)20(16)27-4/h5-12H,13H2,1-4H3,(H,23,25). The Bertz CT molecular complexity index is 963. The summed E-state index contributed by atoms with van der Waals surface area (Å²) in [6, 6.07) is 13.2. The Morgan fingerprint density at radius 3 is 2.59 bits per heavy atom. The summed E-state index contributed by atoms with van der Waals surface area (Å²) >= 11 is 0. The highest BCUT2D eigenvalue weighted by Gasteiger charge is 2.15. The molecule has 0 bridgehead atoms. The molecule has 140 valence electrons. The fraction of sp³-hybridized carbons (Fsp3) is 0.238. The van der Waals surface area contributed by atoms with Crippen LogP contribution in [0.4, 0.5) is 5.82 Å². The molecule has 27 heavy (non-hydrogen) atoms. The number of hydrogen-bond donors (Lipinski definition) is 1. The molecule has 0 aliphatic rings. The van der Waals surface area contributed by atoms with Crippen molar-refractivity contribution in [2.75, 3.05) is 19.5 Å². The smallest absolute Gasteiger partial charge is 0.257 e.